The highest BCUT2D eigenvalue weighted by molar-refractivity contribution is 9.10. The van der Waals surface area contributed by atoms with Crippen LogP contribution in [0.2, 0.25) is 0 Å². The molecule has 0 aliphatic heterocycles. The van der Waals surface area contributed by atoms with E-state index in [-0.39, 0.29) is 6.04 Å². The van der Waals surface area contributed by atoms with E-state index in [4.69, 9.17) is 5.73 Å². The maximum Gasteiger partial charge on any atom is 0.136 e. The lowest BCUT2D eigenvalue weighted by atomic mass is 10.1. The molecule has 1 unspecified atom stereocenters. The Labute approximate surface area is 104 Å². The van der Waals surface area contributed by atoms with Crippen LogP contribution in [-0.4, -0.2) is 15.8 Å². The maximum atomic E-state index is 5.81. The third-order valence-corrected chi connectivity index (χ3v) is 3.21. The lowest BCUT2D eigenvalue weighted by Crippen LogP contribution is -2.17. The number of aryl methyl sites for hydroxylation is 1. The summed E-state index contributed by atoms with van der Waals surface area (Å²) in [6, 6.07) is 6.61. The fourth-order valence-corrected chi connectivity index (χ4v) is 2.44. The third kappa shape index (κ3) is 2.13. The highest BCUT2D eigenvalue weighted by Crippen LogP contribution is 2.24. The van der Waals surface area contributed by atoms with Gasteiger partial charge in [-0.05, 0) is 53.9 Å². The van der Waals surface area contributed by atoms with E-state index in [1.807, 2.05) is 11.6 Å². The fraction of sp³-hybridized carbons (Fsp3) is 0.417. The second-order valence-corrected chi connectivity index (χ2v) is 4.89. The van der Waals surface area contributed by atoms with Crippen LogP contribution in [0.25, 0.3) is 10.9 Å². The van der Waals surface area contributed by atoms with Gasteiger partial charge in [0.2, 0.25) is 0 Å². The second kappa shape index (κ2) is 4.55. The average Bonchev–Trinajstić information content (AvgIpc) is 2.55. The van der Waals surface area contributed by atoms with Gasteiger partial charge < -0.3 is 5.73 Å². The second-order valence-electron chi connectivity index (χ2n) is 4.14. The van der Waals surface area contributed by atoms with Crippen LogP contribution in [0.3, 0.4) is 0 Å². The van der Waals surface area contributed by atoms with E-state index in [0.29, 0.717) is 0 Å². The quantitative estimate of drug-likeness (QED) is 0.940. The van der Waals surface area contributed by atoms with Gasteiger partial charge in [0.25, 0.3) is 0 Å². The first-order valence-corrected chi connectivity index (χ1v) is 6.31. The van der Waals surface area contributed by atoms with Gasteiger partial charge in [0.1, 0.15) is 4.60 Å². The third-order valence-electron chi connectivity index (χ3n) is 2.63. The van der Waals surface area contributed by atoms with E-state index in [9.17, 15) is 0 Å². The van der Waals surface area contributed by atoms with Gasteiger partial charge in [0.15, 0.2) is 0 Å². The minimum absolute atomic E-state index is 0.192. The van der Waals surface area contributed by atoms with E-state index < -0.39 is 0 Å². The first-order chi connectivity index (χ1) is 7.61. The topological polar surface area (TPSA) is 43.8 Å². The van der Waals surface area contributed by atoms with E-state index >= 15 is 0 Å². The molecular formula is C12H16BrN3. The molecule has 1 heterocycles. The van der Waals surface area contributed by atoms with E-state index in [1.165, 1.54) is 16.5 Å². The van der Waals surface area contributed by atoms with Crippen molar-refractivity contribution in [2.45, 2.75) is 32.9 Å². The molecule has 0 bridgehead atoms. The summed E-state index contributed by atoms with van der Waals surface area (Å²) in [6.45, 7) is 5.00. The van der Waals surface area contributed by atoms with Crippen LogP contribution in [0, 0.1) is 0 Å². The van der Waals surface area contributed by atoms with Crippen LogP contribution in [0.15, 0.2) is 22.8 Å². The summed E-state index contributed by atoms with van der Waals surface area (Å²) >= 11 is 3.50. The maximum absolute atomic E-state index is 5.81. The molecule has 0 saturated carbocycles. The summed E-state index contributed by atoms with van der Waals surface area (Å²) in [5.74, 6) is 0. The molecule has 1 aromatic heterocycles. The highest BCUT2D eigenvalue weighted by atomic mass is 79.9. The molecule has 4 heteroatoms. The molecule has 0 spiro atoms. The largest absolute Gasteiger partial charge is 0.328 e. The molecule has 1 atom stereocenters. The molecule has 16 heavy (non-hydrogen) atoms. The number of halogens is 1. The summed E-state index contributed by atoms with van der Waals surface area (Å²) < 4.78 is 2.91. The molecule has 2 N–H and O–H groups in total. The van der Waals surface area contributed by atoms with Crippen molar-refractivity contribution in [2.75, 3.05) is 0 Å². The van der Waals surface area contributed by atoms with Gasteiger partial charge >= 0.3 is 0 Å². The number of aromatic nitrogens is 2. The predicted molar refractivity (Wildman–Crippen MR) is 70.5 cm³/mol. The van der Waals surface area contributed by atoms with Crippen molar-refractivity contribution < 1.29 is 0 Å². The Kier molecular flexibility index (Phi) is 3.30. The zero-order chi connectivity index (χ0) is 11.7. The Bertz CT molecular complexity index is 502. The number of rotatable bonds is 3. The summed E-state index contributed by atoms with van der Waals surface area (Å²) in [7, 11) is 0. The molecular weight excluding hydrogens is 266 g/mol. The monoisotopic (exact) mass is 281 g/mol. The molecule has 2 aromatic rings. The SMILES string of the molecule is CCn1nc(Br)c2cc(CC(C)N)ccc21. The average molecular weight is 282 g/mol. The minimum Gasteiger partial charge on any atom is -0.328 e. The van der Waals surface area contributed by atoms with Crippen molar-refractivity contribution in [1.29, 1.82) is 0 Å². The number of hydrogen-bond donors (Lipinski definition) is 1. The Morgan fingerprint density at radius 1 is 1.50 bits per heavy atom. The number of nitrogens with two attached hydrogens (primary N) is 1. The van der Waals surface area contributed by atoms with Gasteiger partial charge in [-0.25, -0.2) is 0 Å². The van der Waals surface area contributed by atoms with Gasteiger partial charge in [0, 0.05) is 18.0 Å². The van der Waals surface area contributed by atoms with Crippen molar-refractivity contribution in [3.05, 3.63) is 28.4 Å². The molecule has 0 aliphatic rings. The molecule has 0 fully saturated rings. The zero-order valence-corrected chi connectivity index (χ0v) is 11.2. The van der Waals surface area contributed by atoms with Crippen molar-refractivity contribution in [1.82, 2.24) is 9.78 Å². The number of benzene rings is 1. The summed E-state index contributed by atoms with van der Waals surface area (Å²) in [6.07, 6.45) is 0.902. The molecule has 0 aliphatic carbocycles. The van der Waals surface area contributed by atoms with Crippen molar-refractivity contribution in [2.24, 2.45) is 5.73 Å². The predicted octanol–water partition coefficient (Wildman–Crippen LogP) is 2.71. The molecule has 2 rings (SSSR count). The smallest absolute Gasteiger partial charge is 0.136 e. The summed E-state index contributed by atoms with van der Waals surface area (Å²) in [4.78, 5) is 0. The standard InChI is InChI=1S/C12H16BrN3/c1-3-16-11-5-4-9(6-8(2)14)7-10(11)12(13)15-16/h4-5,7-8H,3,6,14H2,1-2H3. The number of hydrogen-bond acceptors (Lipinski definition) is 2. The Hall–Kier alpha value is -0.870. The Balaban J connectivity index is 2.49. The first kappa shape index (κ1) is 11.6. The fourth-order valence-electron chi connectivity index (χ4n) is 1.93. The molecule has 3 nitrogen and oxygen atoms in total. The van der Waals surface area contributed by atoms with Crippen LogP contribution in [-0.2, 0) is 13.0 Å². The highest BCUT2D eigenvalue weighted by Gasteiger charge is 2.08. The van der Waals surface area contributed by atoms with Gasteiger partial charge in [-0.1, -0.05) is 6.07 Å². The van der Waals surface area contributed by atoms with Crippen LogP contribution in [0.4, 0.5) is 0 Å². The Morgan fingerprint density at radius 2 is 2.25 bits per heavy atom. The van der Waals surface area contributed by atoms with Crippen LogP contribution < -0.4 is 5.73 Å². The van der Waals surface area contributed by atoms with E-state index in [2.05, 4.69) is 46.2 Å². The van der Waals surface area contributed by atoms with Gasteiger partial charge in [-0.3, -0.25) is 4.68 Å². The van der Waals surface area contributed by atoms with Crippen LogP contribution in [0.1, 0.15) is 19.4 Å². The molecule has 0 radical (unpaired) electrons. The van der Waals surface area contributed by atoms with Crippen LogP contribution >= 0.6 is 15.9 Å². The van der Waals surface area contributed by atoms with E-state index in [1.54, 1.807) is 0 Å². The van der Waals surface area contributed by atoms with Gasteiger partial charge in [-0.2, -0.15) is 5.10 Å². The first-order valence-electron chi connectivity index (χ1n) is 5.52. The normalized spacial score (nSPS) is 13.2. The molecule has 1 aromatic carbocycles. The van der Waals surface area contributed by atoms with Crippen molar-refractivity contribution >= 4 is 26.8 Å². The summed E-state index contributed by atoms with van der Waals surface area (Å²) in [5, 5.41) is 5.60. The molecule has 0 saturated heterocycles. The van der Waals surface area contributed by atoms with Gasteiger partial charge in [0.05, 0.1) is 5.52 Å². The lowest BCUT2D eigenvalue weighted by Gasteiger charge is -2.05. The lowest BCUT2D eigenvalue weighted by molar-refractivity contribution is 0.678. The molecule has 86 valence electrons. The Morgan fingerprint density at radius 3 is 2.88 bits per heavy atom. The number of fused-ring (bicyclic) bond motifs is 1. The van der Waals surface area contributed by atoms with E-state index in [0.717, 1.165) is 17.6 Å². The number of nitrogens with zero attached hydrogens (tertiary/aromatic N) is 2. The molecule has 0 amide bonds. The zero-order valence-electron chi connectivity index (χ0n) is 9.57. The minimum atomic E-state index is 0.192. The van der Waals surface area contributed by atoms with Crippen molar-refractivity contribution in [3.8, 4) is 0 Å². The van der Waals surface area contributed by atoms with Gasteiger partial charge in [-0.15, -0.1) is 0 Å². The van der Waals surface area contributed by atoms with Crippen LogP contribution in [0.5, 0.6) is 0 Å². The summed E-state index contributed by atoms with van der Waals surface area (Å²) in [5.41, 5.74) is 8.24. The van der Waals surface area contributed by atoms with Crippen molar-refractivity contribution in [3.63, 3.8) is 0 Å².